The van der Waals surface area contributed by atoms with Crippen molar-refractivity contribution in [2.24, 2.45) is 12.8 Å². The monoisotopic (exact) mass is 300 g/mol. The summed E-state index contributed by atoms with van der Waals surface area (Å²) in [6, 6.07) is 5.53. The molecular formula is C16H20N4O2. The van der Waals surface area contributed by atoms with Crippen molar-refractivity contribution in [3.63, 3.8) is 0 Å². The van der Waals surface area contributed by atoms with Gasteiger partial charge in [0.1, 0.15) is 11.9 Å². The van der Waals surface area contributed by atoms with Gasteiger partial charge in [-0.15, -0.1) is 0 Å². The minimum absolute atomic E-state index is 0.128. The van der Waals surface area contributed by atoms with E-state index in [0.29, 0.717) is 11.3 Å². The molecule has 0 unspecified atom stereocenters. The summed E-state index contributed by atoms with van der Waals surface area (Å²) in [5, 5.41) is 7.44. The first-order valence-electron chi connectivity index (χ1n) is 7.44. The SMILES string of the molecule is Cn1cc(-c2ccc(OC3CCNCC3)c(C(N)=O)c2)cn1. The molecule has 6 heteroatoms. The molecule has 1 aromatic carbocycles. The Bertz CT molecular complexity index is 675. The molecule has 116 valence electrons. The predicted molar refractivity (Wildman–Crippen MR) is 83.7 cm³/mol. The Labute approximate surface area is 129 Å². The minimum atomic E-state index is -0.477. The van der Waals surface area contributed by atoms with Crippen LogP contribution in [0.15, 0.2) is 30.6 Å². The number of rotatable bonds is 4. The summed E-state index contributed by atoms with van der Waals surface area (Å²) >= 11 is 0. The first-order chi connectivity index (χ1) is 10.6. The molecular weight excluding hydrogens is 280 g/mol. The summed E-state index contributed by atoms with van der Waals surface area (Å²) < 4.78 is 7.70. The molecule has 0 radical (unpaired) electrons. The third kappa shape index (κ3) is 3.12. The van der Waals surface area contributed by atoms with Gasteiger partial charge in [0.05, 0.1) is 11.8 Å². The zero-order valence-electron chi connectivity index (χ0n) is 12.6. The number of nitrogens with one attached hydrogen (secondary N) is 1. The molecule has 1 aromatic heterocycles. The van der Waals surface area contributed by atoms with Gasteiger partial charge in [-0.1, -0.05) is 6.07 Å². The minimum Gasteiger partial charge on any atom is -0.489 e. The van der Waals surface area contributed by atoms with E-state index in [4.69, 9.17) is 10.5 Å². The van der Waals surface area contributed by atoms with Gasteiger partial charge in [0.25, 0.3) is 5.91 Å². The third-order valence-corrected chi connectivity index (χ3v) is 3.86. The number of amides is 1. The van der Waals surface area contributed by atoms with Crippen LogP contribution in [-0.4, -0.2) is 34.9 Å². The van der Waals surface area contributed by atoms with Crippen LogP contribution in [0.25, 0.3) is 11.1 Å². The molecule has 2 heterocycles. The van der Waals surface area contributed by atoms with E-state index in [1.165, 1.54) is 0 Å². The molecule has 1 saturated heterocycles. The van der Waals surface area contributed by atoms with Crippen LogP contribution in [0.4, 0.5) is 0 Å². The lowest BCUT2D eigenvalue weighted by Crippen LogP contribution is -2.34. The Balaban J connectivity index is 1.88. The highest BCUT2D eigenvalue weighted by atomic mass is 16.5. The Kier molecular flexibility index (Phi) is 4.11. The normalized spacial score (nSPS) is 15.7. The van der Waals surface area contributed by atoms with E-state index >= 15 is 0 Å². The van der Waals surface area contributed by atoms with Crippen molar-refractivity contribution in [3.05, 3.63) is 36.2 Å². The number of piperidine rings is 1. The van der Waals surface area contributed by atoms with Crippen molar-refractivity contribution >= 4 is 5.91 Å². The average molecular weight is 300 g/mol. The van der Waals surface area contributed by atoms with Gasteiger partial charge in [0.15, 0.2) is 0 Å². The summed E-state index contributed by atoms with van der Waals surface area (Å²) in [4.78, 5) is 11.8. The number of aromatic nitrogens is 2. The molecule has 0 bridgehead atoms. The lowest BCUT2D eigenvalue weighted by molar-refractivity contribution is 0.0989. The van der Waals surface area contributed by atoms with Crippen molar-refractivity contribution in [2.45, 2.75) is 18.9 Å². The van der Waals surface area contributed by atoms with Gasteiger partial charge >= 0.3 is 0 Å². The van der Waals surface area contributed by atoms with Crippen LogP contribution in [0.5, 0.6) is 5.75 Å². The van der Waals surface area contributed by atoms with Crippen molar-refractivity contribution in [1.82, 2.24) is 15.1 Å². The van der Waals surface area contributed by atoms with E-state index in [1.807, 2.05) is 25.4 Å². The molecule has 3 rings (SSSR count). The fourth-order valence-corrected chi connectivity index (χ4v) is 2.67. The standard InChI is InChI=1S/C16H20N4O2/c1-20-10-12(9-19-20)11-2-3-15(14(8-11)16(17)21)22-13-4-6-18-7-5-13/h2-3,8-10,13,18H,4-7H2,1H3,(H2,17,21). The van der Waals surface area contributed by atoms with E-state index < -0.39 is 5.91 Å². The van der Waals surface area contributed by atoms with E-state index in [1.54, 1.807) is 16.9 Å². The van der Waals surface area contributed by atoms with Gasteiger partial charge in [-0.2, -0.15) is 5.10 Å². The highest BCUT2D eigenvalue weighted by Crippen LogP contribution is 2.28. The number of primary amides is 1. The van der Waals surface area contributed by atoms with Crippen LogP contribution in [0, 0.1) is 0 Å². The molecule has 3 N–H and O–H groups in total. The predicted octanol–water partition coefficient (Wildman–Crippen LogP) is 1.32. The van der Waals surface area contributed by atoms with Gasteiger partial charge in [-0.05, 0) is 43.6 Å². The van der Waals surface area contributed by atoms with Crippen molar-refractivity contribution in [2.75, 3.05) is 13.1 Å². The largest absolute Gasteiger partial charge is 0.489 e. The van der Waals surface area contributed by atoms with Crippen LogP contribution in [-0.2, 0) is 7.05 Å². The van der Waals surface area contributed by atoms with Gasteiger partial charge < -0.3 is 15.8 Å². The average Bonchev–Trinajstić information content (AvgIpc) is 2.95. The smallest absolute Gasteiger partial charge is 0.252 e. The molecule has 0 aliphatic carbocycles. The van der Waals surface area contributed by atoms with Gasteiger partial charge in [-0.3, -0.25) is 9.48 Å². The molecule has 1 aliphatic rings. The Morgan fingerprint density at radius 1 is 1.36 bits per heavy atom. The molecule has 1 fully saturated rings. The molecule has 2 aromatic rings. The van der Waals surface area contributed by atoms with Crippen LogP contribution >= 0.6 is 0 Å². The highest BCUT2D eigenvalue weighted by molar-refractivity contribution is 5.97. The van der Waals surface area contributed by atoms with Crippen LogP contribution in [0.2, 0.25) is 0 Å². The zero-order chi connectivity index (χ0) is 15.5. The number of hydrogen-bond acceptors (Lipinski definition) is 4. The molecule has 0 atom stereocenters. The number of ether oxygens (including phenoxy) is 1. The second-order valence-electron chi connectivity index (χ2n) is 5.55. The van der Waals surface area contributed by atoms with E-state index in [-0.39, 0.29) is 6.10 Å². The van der Waals surface area contributed by atoms with Gasteiger partial charge in [0, 0.05) is 18.8 Å². The lowest BCUT2D eigenvalue weighted by Gasteiger charge is -2.24. The zero-order valence-corrected chi connectivity index (χ0v) is 12.6. The highest BCUT2D eigenvalue weighted by Gasteiger charge is 2.18. The van der Waals surface area contributed by atoms with Gasteiger partial charge in [-0.25, -0.2) is 0 Å². The van der Waals surface area contributed by atoms with E-state index in [2.05, 4.69) is 10.4 Å². The molecule has 22 heavy (non-hydrogen) atoms. The summed E-state index contributed by atoms with van der Waals surface area (Å²) in [6.45, 7) is 1.87. The number of carbonyl (C=O) groups is 1. The number of hydrogen-bond donors (Lipinski definition) is 2. The quantitative estimate of drug-likeness (QED) is 0.892. The van der Waals surface area contributed by atoms with Crippen LogP contribution < -0.4 is 15.8 Å². The fourth-order valence-electron chi connectivity index (χ4n) is 2.67. The van der Waals surface area contributed by atoms with Crippen molar-refractivity contribution < 1.29 is 9.53 Å². The number of carbonyl (C=O) groups excluding carboxylic acids is 1. The maximum atomic E-state index is 11.8. The maximum absolute atomic E-state index is 11.8. The van der Waals surface area contributed by atoms with Crippen LogP contribution in [0.1, 0.15) is 23.2 Å². The summed E-state index contributed by atoms with van der Waals surface area (Å²) in [6.07, 6.45) is 5.65. The van der Waals surface area contributed by atoms with Gasteiger partial charge in [0.2, 0.25) is 0 Å². The number of nitrogens with two attached hydrogens (primary N) is 1. The second-order valence-corrected chi connectivity index (χ2v) is 5.55. The first-order valence-corrected chi connectivity index (χ1v) is 7.44. The molecule has 0 spiro atoms. The van der Waals surface area contributed by atoms with Crippen LogP contribution in [0.3, 0.4) is 0 Å². The summed E-state index contributed by atoms with van der Waals surface area (Å²) in [5.41, 5.74) is 7.78. The number of benzene rings is 1. The van der Waals surface area contributed by atoms with Crippen molar-refractivity contribution in [3.8, 4) is 16.9 Å². The summed E-state index contributed by atoms with van der Waals surface area (Å²) in [7, 11) is 1.85. The molecule has 1 amide bonds. The second kappa shape index (κ2) is 6.19. The summed E-state index contributed by atoms with van der Waals surface area (Å²) in [5.74, 6) is 0.0849. The lowest BCUT2D eigenvalue weighted by atomic mass is 10.0. The Morgan fingerprint density at radius 3 is 2.77 bits per heavy atom. The number of aryl methyl sites for hydroxylation is 1. The Morgan fingerprint density at radius 2 is 2.14 bits per heavy atom. The molecule has 0 saturated carbocycles. The third-order valence-electron chi connectivity index (χ3n) is 3.86. The van der Waals surface area contributed by atoms with Crippen molar-refractivity contribution in [1.29, 1.82) is 0 Å². The maximum Gasteiger partial charge on any atom is 0.252 e. The fraction of sp³-hybridized carbons (Fsp3) is 0.375. The van der Waals surface area contributed by atoms with E-state index in [9.17, 15) is 4.79 Å². The Hall–Kier alpha value is -2.34. The first kappa shape index (κ1) is 14.6. The van der Waals surface area contributed by atoms with E-state index in [0.717, 1.165) is 37.1 Å². The molecule has 6 nitrogen and oxygen atoms in total. The topological polar surface area (TPSA) is 82.2 Å². The molecule has 1 aliphatic heterocycles. The number of nitrogens with zero attached hydrogens (tertiary/aromatic N) is 2.